The van der Waals surface area contributed by atoms with Crippen molar-refractivity contribution in [2.45, 2.75) is 32.2 Å². The fourth-order valence-corrected chi connectivity index (χ4v) is 2.07. The highest BCUT2D eigenvalue weighted by atomic mass is 16.2. The smallest absolute Gasteiger partial charge is 0.223 e. The molecular weight excluding hydrogens is 164 g/mol. The van der Waals surface area contributed by atoms with Crippen molar-refractivity contribution < 1.29 is 4.79 Å². The first-order valence-electron chi connectivity index (χ1n) is 5.22. The number of amides is 1. The average Bonchev–Trinajstić information content (AvgIpc) is 2.89. The van der Waals surface area contributed by atoms with Gasteiger partial charge >= 0.3 is 0 Å². The summed E-state index contributed by atoms with van der Waals surface area (Å²) in [5, 5.41) is 0. The highest BCUT2D eigenvalue weighted by Crippen LogP contribution is 2.34. The first-order chi connectivity index (χ1) is 6.22. The van der Waals surface area contributed by atoms with Crippen molar-refractivity contribution in [1.82, 2.24) is 4.90 Å². The second-order valence-electron chi connectivity index (χ2n) is 4.45. The van der Waals surface area contributed by atoms with Crippen LogP contribution in [0.15, 0.2) is 0 Å². The quantitative estimate of drug-likeness (QED) is 0.694. The number of carbonyl (C=O) groups excluding carboxylic acids is 1. The van der Waals surface area contributed by atoms with Crippen molar-refractivity contribution in [3.63, 3.8) is 0 Å². The van der Waals surface area contributed by atoms with E-state index in [1.165, 1.54) is 12.8 Å². The molecule has 0 bridgehead atoms. The lowest BCUT2D eigenvalue weighted by Gasteiger charge is -2.18. The minimum atomic E-state index is 0.354. The van der Waals surface area contributed by atoms with Gasteiger partial charge in [0.05, 0.1) is 0 Å². The molecule has 74 valence electrons. The van der Waals surface area contributed by atoms with E-state index >= 15 is 0 Å². The van der Waals surface area contributed by atoms with Crippen molar-refractivity contribution in [3.8, 4) is 0 Å². The molecule has 0 spiro atoms. The van der Waals surface area contributed by atoms with Gasteiger partial charge in [-0.25, -0.2) is 0 Å². The summed E-state index contributed by atoms with van der Waals surface area (Å²) >= 11 is 0. The first kappa shape index (κ1) is 9.00. The zero-order valence-electron chi connectivity index (χ0n) is 8.20. The van der Waals surface area contributed by atoms with Crippen LogP contribution in [0.3, 0.4) is 0 Å². The summed E-state index contributed by atoms with van der Waals surface area (Å²) in [6.07, 6.45) is 3.17. The molecule has 0 aromatic rings. The van der Waals surface area contributed by atoms with Crippen LogP contribution in [-0.2, 0) is 4.79 Å². The molecule has 1 amide bonds. The Morgan fingerprint density at radius 2 is 2.31 bits per heavy atom. The lowest BCUT2D eigenvalue weighted by atomic mass is 9.93. The molecule has 0 aromatic heterocycles. The fraction of sp³-hybridized carbons (Fsp3) is 0.900. The van der Waals surface area contributed by atoms with E-state index in [-0.39, 0.29) is 0 Å². The minimum absolute atomic E-state index is 0.354. The molecule has 3 nitrogen and oxygen atoms in total. The molecule has 2 atom stereocenters. The van der Waals surface area contributed by atoms with Crippen LogP contribution in [0, 0.1) is 11.8 Å². The lowest BCUT2D eigenvalue weighted by molar-refractivity contribution is -0.128. The number of nitrogens with two attached hydrogens (primary N) is 1. The van der Waals surface area contributed by atoms with Crippen LogP contribution in [0.4, 0.5) is 0 Å². The Morgan fingerprint density at radius 1 is 1.62 bits per heavy atom. The zero-order valence-corrected chi connectivity index (χ0v) is 8.20. The zero-order chi connectivity index (χ0) is 9.42. The van der Waals surface area contributed by atoms with E-state index in [1.54, 1.807) is 0 Å². The Kier molecular flexibility index (Phi) is 2.28. The summed E-state index contributed by atoms with van der Waals surface area (Å²) in [6.45, 7) is 3.81. The normalized spacial score (nSPS) is 31.1. The predicted octanol–water partition coefficient (Wildman–Crippen LogP) is 0.592. The number of carbonyl (C=O) groups is 1. The monoisotopic (exact) mass is 182 g/mol. The maximum atomic E-state index is 11.6. The van der Waals surface area contributed by atoms with E-state index in [4.69, 9.17) is 5.73 Å². The largest absolute Gasteiger partial charge is 0.339 e. The van der Waals surface area contributed by atoms with Gasteiger partial charge in [-0.1, -0.05) is 6.92 Å². The van der Waals surface area contributed by atoms with Gasteiger partial charge in [-0.15, -0.1) is 0 Å². The van der Waals surface area contributed by atoms with Crippen molar-refractivity contribution in [1.29, 1.82) is 0 Å². The third-order valence-electron chi connectivity index (χ3n) is 3.35. The molecule has 3 heteroatoms. The van der Waals surface area contributed by atoms with Crippen LogP contribution in [0.25, 0.3) is 0 Å². The number of hydrogen-bond donors (Lipinski definition) is 1. The SMILES string of the molecule is CC(CN)C1CC(=O)N(C2CC2)C1. The molecule has 13 heavy (non-hydrogen) atoms. The topological polar surface area (TPSA) is 46.3 Å². The summed E-state index contributed by atoms with van der Waals surface area (Å²) in [5.41, 5.74) is 5.60. The van der Waals surface area contributed by atoms with E-state index in [0.717, 1.165) is 13.0 Å². The van der Waals surface area contributed by atoms with E-state index in [9.17, 15) is 4.79 Å². The fourth-order valence-electron chi connectivity index (χ4n) is 2.07. The van der Waals surface area contributed by atoms with Crippen molar-refractivity contribution in [3.05, 3.63) is 0 Å². The molecule has 1 saturated heterocycles. The standard InChI is InChI=1S/C10H18N2O/c1-7(5-11)8-4-10(13)12(6-8)9-2-3-9/h7-9H,2-6,11H2,1H3. The molecule has 1 saturated carbocycles. The van der Waals surface area contributed by atoms with E-state index in [2.05, 4.69) is 11.8 Å². The van der Waals surface area contributed by atoms with Gasteiger partial charge in [0, 0.05) is 19.0 Å². The summed E-state index contributed by atoms with van der Waals surface area (Å²) in [6, 6.07) is 0.586. The van der Waals surface area contributed by atoms with E-state index in [0.29, 0.717) is 30.3 Å². The van der Waals surface area contributed by atoms with Gasteiger partial charge in [-0.2, -0.15) is 0 Å². The maximum Gasteiger partial charge on any atom is 0.223 e. The Morgan fingerprint density at radius 3 is 2.85 bits per heavy atom. The summed E-state index contributed by atoms with van der Waals surface area (Å²) in [5.74, 6) is 1.36. The van der Waals surface area contributed by atoms with Crippen molar-refractivity contribution in [2.75, 3.05) is 13.1 Å². The summed E-state index contributed by atoms with van der Waals surface area (Å²) in [4.78, 5) is 13.6. The lowest BCUT2D eigenvalue weighted by Crippen LogP contribution is -2.29. The van der Waals surface area contributed by atoms with E-state index in [1.807, 2.05) is 0 Å². The second kappa shape index (κ2) is 3.29. The maximum absolute atomic E-state index is 11.6. The molecular formula is C10H18N2O. The van der Waals surface area contributed by atoms with Gasteiger partial charge in [-0.3, -0.25) is 4.79 Å². The summed E-state index contributed by atoms with van der Waals surface area (Å²) in [7, 11) is 0. The Labute approximate surface area is 79.3 Å². The third kappa shape index (κ3) is 1.70. The van der Waals surface area contributed by atoms with Crippen molar-refractivity contribution >= 4 is 5.91 Å². The van der Waals surface area contributed by atoms with Gasteiger partial charge in [0.2, 0.25) is 5.91 Å². The molecule has 2 N–H and O–H groups in total. The van der Waals surface area contributed by atoms with Crippen LogP contribution < -0.4 is 5.73 Å². The second-order valence-corrected chi connectivity index (χ2v) is 4.45. The minimum Gasteiger partial charge on any atom is -0.339 e. The molecule has 1 aliphatic carbocycles. The average molecular weight is 182 g/mol. The highest BCUT2D eigenvalue weighted by Gasteiger charge is 2.40. The van der Waals surface area contributed by atoms with Crippen LogP contribution in [-0.4, -0.2) is 29.9 Å². The Hall–Kier alpha value is -0.570. The molecule has 2 aliphatic rings. The molecule has 0 radical (unpaired) electrons. The Bertz CT molecular complexity index is 213. The number of nitrogens with zero attached hydrogens (tertiary/aromatic N) is 1. The molecule has 1 aliphatic heterocycles. The van der Waals surface area contributed by atoms with Crippen LogP contribution >= 0.6 is 0 Å². The number of hydrogen-bond acceptors (Lipinski definition) is 2. The number of likely N-dealkylation sites (tertiary alicyclic amines) is 1. The van der Waals surface area contributed by atoms with Crippen LogP contribution in [0.1, 0.15) is 26.2 Å². The Balaban J connectivity index is 1.93. The summed E-state index contributed by atoms with van der Waals surface area (Å²) < 4.78 is 0. The third-order valence-corrected chi connectivity index (χ3v) is 3.35. The van der Waals surface area contributed by atoms with Gasteiger partial charge in [-0.05, 0) is 31.2 Å². The molecule has 2 unspecified atom stereocenters. The molecule has 2 fully saturated rings. The predicted molar refractivity (Wildman–Crippen MR) is 51.1 cm³/mol. The van der Waals surface area contributed by atoms with Gasteiger partial charge in [0.25, 0.3) is 0 Å². The van der Waals surface area contributed by atoms with Crippen molar-refractivity contribution in [2.24, 2.45) is 17.6 Å². The molecule has 0 aromatic carbocycles. The van der Waals surface area contributed by atoms with Crippen LogP contribution in [0.5, 0.6) is 0 Å². The van der Waals surface area contributed by atoms with Gasteiger partial charge in [0.1, 0.15) is 0 Å². The van der Waals surface area contributed by atoms with E-state index < -0.39 is 0 Å². The van der Waals surface area contributed by atoms with Gasteiger partial charge in [0.15, 0.2) is 0 Å². The number of rotatable bonds is 3. The molecule has 2 rings (SSSR count). The first-order valence-corrected chi connectivity index (χ1v) is 5.22. The highest BCUT2D eigenvalue weighted by molar-refractivity contribution is 5.79. The van der Waals surface area contributed by atoms with Crippen LogP contribution in [0.2, 0.25) is 0 Å². The molecule has 1 heterocycles. The van der Waals surface area contributed by atoms with Gasteiger partial charge < -0.3 is 10.6 Å².